The minimum Gasteiger partial charge on any atom is -0.390 e. The van der Waals surface area contributed by atoms with Gasteiger partial charge >= 0.3 is 0 Å². The topological polar surface area (TPSA) is 50.1 Å². The molecule has 0 radical (unpaired) electrons. The lowest BCUT2D eigenvalue weighted by Gasteiger charge is -2.14. The fraction of sp³-hybridized carbons (Fsp3) is 0.400. The van der Waals surface area contributed by atoms with Crippen LogP contribution in [-0.4, -0.2) is 34.0 Å². The molecular formula is C15H19F2N3O. The average Bonchev–Trinajstić information content (AvgIpc) is 2.76. The van der Waals surface area contributed by atoms with E-state index in [4.69, 9.17) is 5.11 Å². The molecule has 1 heterocycles. The molecule has 21 heavy (non-hydrogen) atoms. The minimum atomic E-state index is -3.10. The number of rotatable bonds is 6. The van der Waals surface area contributed by atoms with Crippen LogP contribution in [0.25, 0.3) is 5.69 Å². The van der Waals surface area contributed by atoms with Crippen LogP contribution in [0.15, 0.2) is 30.3 Å². The Kier molecular flexibility index (Phi) is 4.69. The number of aliphatic hydroxyl groups is 1. The molecule has 2 aromatic rings. The van der Waals surface area contributed by atoms with Gasteiger partial charge in [0.2, 0.25) is 0 Å². The largest absolute Gasteiger partial charge is 0.390 e. The van der Waals surface area contributed by atoms with Crippen molar-refractivity contribution < 1.29 is 13.9 Å². The van der Waals surface area contributed by atoms with Crippen molar-refractivity contribution in [2.75, 3.05) is 13.2 Å². The quantitative estimate of drug-likeness (QED) is 0.859. The number of aromatic nitrogens is 2. The average molecular weight is 295 g/mol. The van der Waals surface area contributed by atoms with Gasteiger partial charge < -0.3 is 10.4 Å². The van der Waals surface area contributed by atoms with E-state index in [9.17, 15) is 8.78 Å². The zero-order valence-electron chi connectivity index (χ0n) is 12.1. The number of aryl methyl sites for hydroxylation is 1. The van der Waals surface area contributed by atoms with Crippen molar-refractivity contribution in [3.63, 3.8) is 0 Å². The summed E-state index contributed by atoms with van der Waals surface area (Å²) in [4.78, 5) is 0. The standard InChI is InChI=1S/C15H19F2N3O/c1-11-14(8-18-9-15(16,17)10-21)12(2)20(19-11)13-6-4-3-5-7-13/h3-7,18,21H,8-10H2,1-2H3. The zero-order valence-corrected chi connectivity index (χ0v) is 12.1. The summed E-state index contributed by atoms with van der Waals surface area (Å²) in [5.74, 6) is -3.10. The Hall–Kier alpha value is -1.79. The number of hydrogen-bond donors (Lipinski definition) is 2. The van der Waals surface area contributed by atoms with E-state index in [0.717, 1.165) is 22.6 Å². The fourth-order valence-electron chi connectivity index (χ4n) is 2.18. The van der Waals surface area contributed by atoms with E-state index in [0.29, 0.717) is 6.54 Å². The highest BCUT2D eigenvalue weighted by Crippen LogP contribution is 2.18. The van der Waals surface area contributed by atoms with Crippen LogP contribution in [0, 0.1) is 13.8 Å². The van der Waals surface area contributed by atoms with Gasteiger partial charge in [0.05, 0.1) is 17.9 Å². The van der Waals surface area contributed by atoms with Crippen LogP contribution in [0.4, 0.5) is 8.78 Å². The number of nitrogens with one attached hydrogen (secondary N) is 1. The first kappa shape index (κ1) is 15.6. The van der Waals surface area contributed by atoms with Gasteiger partial charge in [-0.1, -0.05) is 18.2 Å². The van der Waals surface area contributed by atoms with Gasteiger partial charge in [-0.25, -0.2) is 13.5 Å². The van der Waals surface area contributed by atoms with Gasteiger partial charge in [-0.2, -0.15) is 5.10 Å². The summed E-state index contributed by atoms with van der Waals surface area (Å²) >= 11 is 0. The van der Waals surface area contributed by atoms with Crippen LogP contribution < -0.4 is 5.32 Å². The van der Waals surface area contributed by atoms with Crippen molar-refractivity contribution in [1.29, 1.82) is 0 Å². The summed E-state index contributed by atoms with van der Waals surface area (Å²) < 4.78 is 27.8. The third-order valence-corrected chi connectivity index (χ3v) is 3.36. The summed E-state index contributed by atoms with van der Waals surface area (Å²) in [6.45, 7) is 2.35. The van der Waals surface area contributed by atoms with Crippen LogP contribution in [0.5, 0.6) is 0 Å². The molecule has 0 amide bonds. The number of hydrogen-bond acceptors (Lipinski definition) is 3. The predicted octanol–water partition coefficient (Wildman–Crippen LogP) is 2.21. The monoisotopic (exact) mass is 295 g/mol. The second kappa shape index (κ2) is 6.32. The molecule has 0 aliphatic heterocycles. The summed E-state index contributed by atoms with van der Waals surface area (Å²) in [6.07, 6.45) is 0. The first-order chi connectivity index (χ1) is 9.94. The molecule has 0 saturated heterocycles. The molecule has 2 N–H and O–H groups in total. The molecular weight excluding hydrogens is 276 g/mol. The molecule has 0 saturated carbocycles. The minimum absolute atomic E-state index is 0.292. The maximum atomic E-state index is 13.0. The van der Waals surface area contributed by atoms with Crippen LogP contribution >= 0.6 is 0 Å². The Morgan fingerprint density at radius 1 is 1.24 bits per heavy atom. The van der Waals surface area contributed by atoms with Gasteiger partial charge in [-0.15, -0.1) is 0 Å². The normalized spacial score (nSPS) is 11.9. The molecule has 0 unspecified atom stereocenters. The van der Waals surface area contributed by atoms with E-state index in [1.807, 2.05) is 44.2 Å². The fourth-order valence-corrected chi connectivity index (χ4v) is 2.18. The Bertz CT molecular complexity index is 596. The van der Waals surface area contributed by atoms with Crippen molar-refractivity contribution in [2.24, 2.45) is 0 Å². The zero-order chi connectivity index (χ0) is 15.5. The van der Waals surface area contributed by atoms with Gasteiger partial charge in [0.1, 0.15) is 6.61 Å². The lowest BCUT2D eigenvalue weighted by Crippen LogP contribution is -2.35. The third kappa shape index (κ3) is 3.65. The van der Waals surface area contributed by atoms with Crippen molar-refractivity contribution in [2.45, 2.75) is 26.3 Å². The molecule has 0 aliphatic carbocycles. The maximum absolute atomic E-state index is 13.0. The molecule has 0 bridgehead atoms. The van der Waals surface area contributed by atoms with Gasteiger partial charge in [-0.05, 0) is 26.0 Å². The molecule has 1 aromatic heterocycles. The lowest BCUT2D eigenvalue weighted by atomic mass is 10.2. The first-order valence-electron chi connectivity index (χ1n) is 6.74. The van der Waals surface area contributed by atoms with Crippen molar-refractivity contribution in [3.05, 3.63) is 47.3 Å². The van der Waals surface area contributed by atoms with E-state index in [1.165, 1.54) is 0 Å². The smallest absolute Gasteiger partial charge is 0.282 e. The van der Waals surface area contributed by atoms with Crippen molar-refractivity contribution in [3.8, 4) is 5.69 Å². The molecule has 0 spiro atoms. The van der Waals surface area contributed by atoms with Crippen LogP contribution in [0.1, 0.15) is 17.0 Å². The van der Waals surface area contributed by atoms with E-state index in [-0.39, 0.29) is 0 Å². The van der Waals surface area contributed by atoms with Gasteiger partial charge in [0.15, 0.2) is 0 Å². The Labute approximate surface area is 122 Å². The van der Waals surface area contributed by atoms with E-state index in [1.54, 1.807) is 4.68 Å². The highest BCUT2D eigenvalue weighted by molar-refractivity contribution is 5.36. The molecule has 4 nitrogen and oxygen atoms in total. The van der Waals surface area contributed by atoms with Crippen LogP contribution in [0.2, 0.25) is 0 Å². The number of aliphatic hydroxyl groups excluding tert-OH is 1. The molecule has 1 aromatic carbocycles. The highest BCUT2D eigenvalue weighted by Gasteiger charge is 2.27. The Morgan fingerprint density at radius 2 is 1.90 bits per heavy atom. The molecule has 6 heteroatoms. The number of halogens is 2. The first-order valence-corrected chi connectivity index (χ1v) is 6.74. The molecule has 2 rings (SSSR count). The SMILES string of the molecule is Cc1nn(-c2ccccc2)c(C)c1CNCC(F)(F)CO. The maximum Gasteiger partial charge on any atom is 0.282 e. The summed E-state index contributed by atoms with van der Waals surface area (Å²) in [5, 5.41) is 15.7. The highest BCUT2D eigenvalue weighted by atomic mass is 19.3. The third-order valence-electron chi connectivity index (χ3n) is 3.36. The number of alkyl halides is 2. The van der Waals surface area contributed by atoms with Crippen LogP contribution in [-0.2, 0) is 6.54 Å². The molecule has 114 valence electrons. The second-order valence-corrected chi connectivity index (χ2v) is 5.01. The lowest BCUT2D eigenvalue weighted by molar-refractivity contribution is -0.0477. The summed E-state index contributed by atoms with van der Waals surface area (Å²) in [5.41, 5.74) is 3.55. The Balaban J connectivity index is 2.13. The molecule has 0 atom stereocenters. The predicted molar refractivity (Wildman–Crippen MR) is 76.8 cm³/mol. The van der Waals surface area contributed by atoms with Crippen LogP contribution in [0.3, 0.4) is 0 Å². The van der Waals surface area contributed by atoms with Crippen molar-refractivity contribution >= 4 is 0 Å². The summed E-state index contributed by atoms with van der Waals surface area (Å²) in [6, 6.07) is 9.65. The number of nitrogens with zero attached hydrogens (tertiary/aromatic N) is 2. The van der Waals surface area contributed by atoms with Gasteiger partial charge in [0, 0.05) is 17.8 Å². The van der Waals surface area contributed by atoms with E-state index in [2.05, 4.69) is 10.4 Å². The second-order valence-electron chi connectivity index (χ2n) is 5.01. The molecule has 0 fully saturated rings. The van der Waals surface area contributed by atoms with E-state index >= 15 is 0 Å². The van der Waals surface area contributed by atoms with E-state index < -0.39 is 19.1 Å². The van der Waals surface area contributed by atoms with Gasteiger partial charge in [0.25, 0.3) is 5.92 Å². The summed E-state index contributed by atoms with van der Waals surface area (Å²) in [7, 11) is 0. The number of para-hydroxylation sites is 1. The molecule has 0 aliphatic rings. The number of benzene rings is 1. The van der Waals surface area contributed by atoms with Crippen molar-refractivity contribution in [1.82, 2.24) is 15.1 Å². The Morgan fingerprint density at radius 3 is 2.52 bits per heavy atom. The van der Waals surface area contributed by atoms with Gasteiger partial charge in [-0.3, -0.25) is 0 Å².